The highest BCUT2D eigenvalue weighted by atomic mass is 32.1. The molecule has 0 fully saturated rings. The molecule has 11 aromatic rings. The molecule has 8 aromatic carbocycles. The van der Waals surface area contributed by atoms with Gasteiger partial charge in [-0.1, -0.05) is 127 Å². The third-order valence-corrected chi connectivity index (χ3v) is 15.2. The molecule has 3 heterocycles. The van der Waals surface area contributed by atoms with Crippen LogP contribution in [0.3, 0.4) is 0 Å². The molecule has 0 aliphatic carbocycles. The van der Waals surface area contributed by atoms with Crippen LogP contribution in [0.1, 0.15) is 0 Å². The van der Waals surface area contributed by atoms with Crippen LogP contribution in [-0.2, 0) is 0 Å². The SMILES string of the molecule is [B]c1c([B])c([B])c(-n2c3c([B])c([B])c([B])c([B])c3c3c(-c4nc(-c5ccc(-c6cccc(-c7ccccc7)c6)cc5)nc(-c5c([B])c([B])c([B])c6c5sc5c([B])c([B])c([B])c([B])c56)n4)c([B])c([B])c([B])c32)c([B])c1[B]. The van der Waals surface area contributed by atoms with Crippen LogP contribution in [0, 0.1) is 0 Å². The van der Waals surface area contributed by atoms with Gasteiger partial charge in [0, 0.05) is 53.6 Å². The van der Waals surface area contributed by atoms with Gasteiger partial charge in [0.25, 0.3) is 0 Å². The largest absolute Gasteiger partial charge is 0.312 e. The number of thiophene rings is 1. The van der Waals surface area contributed by atoms with Crippen molar-refractivity contribution in [1.82, 2.24) is 19.5 Å². The number of nitrogens with zero attached hydrogens (tertiary/aromatic N) is 4. The smallest absolute Gasteiger partial charge is 0.164 e. The normalized spacial score (nSPS) is 11.7. The average molecular weight is 919 g/mol. The standard InChI is InChI=1S/C51H13B19N4S/c52-25-20-19-23(28(55)33(60)39(66)44(19)74(45(20)40(67)35(62)31(25)58)46-41(68)36(63)34(61)37(64)42(46)69)50-71-49(16-11-9-15(10-12-16)18-8-4-7-17(13-18)14-5-2-1-3-6-14)72-51(73-50)24-29(56)30(57)26(53)21-22-27(54)32(59)38(65)43(70)48(22)75-47(21)24/h1-13H. The Morgan fingerprint density at radius 3 is 1.25 bits per heavy atom. The van der Waals surface area contributed by atoms with Crippen LogP contribution < -0.4 is 104 Å². The molecule has 300 valence electrons. The van der Waals surface area contributed by atoms with E-state index < -0.39 is 0 Å². The highest BCUT2D eigenvalue weighted by Crippen LogP contribution is 2.38. The highest BCUT2D eigenvalue weighted by molar-refractivity contribution is 7.28. The molecule has 38 radical (unpaired) electrons. The topological polar surface area (TPSA) is 43.6 Å². The van der Waals surface area contributed by atoms with Crippen LogP contribution in [0.2, 0.25) is 0 Å². The number of rotatable bonds is 6. The number of aromatic nitrogens is 4. The van der Waals surface area contributed by atoms with Crippen molar-refractivity contribution < 1.29 is 0 Å². The molecule has 3 aromatic heterocycles. The van der Waals surface area contributed by atoms with Crippen molar-refractivity contribution in [1.29, 1.82) is 0 Å². The van der Waals surface area contributed by atoms with Crippen molar-refractivity contribution in [3.63, 3.8) is 0 Å². The maximum atomic E-state index is 7.14. The van der Waals surface area contributed by atoms with Gasteiger partial charge in [-0.2, -0.15) is 0 Å². The van der Waals surface area contributed by atoms with Gasteiger partial charge < -0.3 is 4.57 Å². The summed E-state index contributed by atoms with van der Waals surface area (Å²) >= 11 is 1.18. The van der Waals surface area contributed by atoms with Gasteiger partial charge in [-0.15, -0.1) is 60.5 Å². The molecule has 0 N–H and O–H groups in total. The summed E-state index contributed by atoms with van der Waals surface area (Å²) in [5.41, 5.74) is 4.59. The second-order valence-corrected chi connectivity index (χ2v) is 19.1. The maximum absolute atomic E-state index is 7.14. The first-order valence-corrected chi connectivity index (χ1v) is 23.5. The Bertz CT molecular complexity index is 4320. The number of hydrogen-bond acceptors (Lipinski definition) is 4. The number of hydrogen-bond donors (Lipinski definition) is 0. The summed E-state index contributed by atoms with van der Waals surface area (Å²) in [5.74, 6) is 0.0424. The van der Waals surface area contributed by atoms with E-state index in [1.165, 1.54) is 15.9 Å². The Kier molecular flexibility index (Phi) is 12.7. The lowest BCUT2D eigenvalue weighted by molar-refractivity contribution is 1.08. The van der Waals surface area contributed by atoms with Crippen LogP contribution >= 0.6 is 11.3 Å². The fourth-order valence-corrected chi connectivity index (χ4v) is 11.2. The molecule has 24 heteroatoms. The van der Waals surface area contributed by atoms with Crippen molar-refractivity contribution in [2.45, 2.75) is 0 Å². The van der Waals surface area contributed by atoms with Gasteiger partial charge in [-0.05, 0) is 39.1 Å². The summed E-state index contributed by atoms with van der Waals surface area (Å²) in [5, 5.41) is 1.14. The van der Waals surface area contributed by atoms with E-state index >= 15 is 0 Å². The average Bonchev–Trinajstić information content (AvgIpc) is 4.05. The van der Waals surface area contributed by atoms with Gasteiger partial charge in [0.1, 0.15) is 149 Å². The maximum Gasteiger partial charge on any atom is 0.164 e. The summed E-state index contributed by atoms with van der Waals surface area (Å²) in [4.78, 5) is 15.4. The van der Waals surface area contributed by atoms with Crippen molar-refractivity contribution in [2.24, 2.45) is 0 Å². The van der Waals surface area contributed by atoms with Crippen LogP contribution in [0.15, 0.2) is 78.9 Å². The number of fused-ring (bicyclic) bond motifs is 6. The summed E-state index contributed by atoms with van der Waals surface area (Å²) in [7, 11) is 128. The zero-order valence-corrected chi connectivity index (χ0v) is 40.5. The molecule has 11 rings (SSSR count). The lowest BCUT2D eigenvalue weighted by atomic mass is 9.61. The van der Waals surface area contributed by atoms with Crippen LogP contribution in [0.4, 0.5) is 0 Å². The first-order valence-electron chi connectivity index (χ1n) is 22.7. The monoisotopic (exact) mass is 922 g/mol. The molecular formula is C51H13B19N4S. The fourth-order valence-electron chi connectivity index (χ4n) is 9.88. The van der Waals surface area contributed by atoms with Crippen molar-refractivity contribution in [2.75, 3.05) is 0 Å². The van der Waals surface area contributed by atoms with Crippen LogP contribution in [0.5, 0.6) is 0 Å². The van der Waals surface area contributed by atoms with Gasteiger partial charge in [-0.3, -0.25) is 0 Å². The second kappa shape index (κ2) is 18.6. The van der Waals surface area contributed by atoms with Crippen molar-refractivity contribution in [3.8, 4) is 62.1 Å². The Hall–Kier alpha value is -5.98. The van der Waals surface area contributed by atoms with Gasteiger partial charge in [-0.25, -0.2) is 15.0 Å². The minimum absolute atomic E-state index is 0.00796. The molecule has 0 unspecified atom stereocenters. The number of benzene rings is 8. The van der Waals surface area contributed by atoms with Gasteiger partial charge in [0.15, 0.2) is 17.5 Å². The molecule has 0 aliphatic heterocycles. The van der Waals surface area contributed by atoms with E-state index in [4.69, 9.17) is 164 Å². The minimum atomic E-state index is -0.122. The fraction of sp³-hybridized carbons (Fsp3) is 0. The molecule has 0 saturated carbocycles. The lowest BCUT2D eigenvalue weighted by Crippen LogP contribution is -2.56. The zero-order valence-electron chi connectivity index (χ0n) is 39.7. The van der Waals surface area contributed by atoms with Gasteiger partial charge in [0.2, 0.25) is 0 Å². The first-order chi connectivity index (χ1) is 35.7. The second-order valence-electron chi connectivity index (χ2n) is 18.1. The lowest BCUT2D eigenvalue weighted by Gasteiger charge is -2.25. The molecule has 0 spiro atoms. The Labute approximate surface area is 463 Å². The van der Waals surface area contributed by atoms with E-state index in [0.29, 0.717) is 25.7 Å². The van der Waals surface area contributed by atoms with Crippen LogP contribution in [-0.4, -0.2) is 169 Å². The first kappa shape index (κ1) is 51.1. The summed E-state index contributed by atoms with van der Waals surface area (Å²) in [6.07, 6.45) is 0. The van der Waals surface area contributed by atoms with E-state index in [2.05, 4.69) is 24.3 Å². The molecule has 4 nitrogen and oxygen atoms in total. The molecule has 0 bridgehead atoms. The predicted octanol–water partition coefficient (Wildman–Crippen LogP) is -9.25. The zero-order chi connectivity index (χ0) is 53.5. The third kappa shape index (κ3) is 7.56. The molecule has 0 saturated heterocycles. The van der Waals surface area contributed by atoms with Crippen molar-refractivity contribution in [3.05, 3.63) is 78.9 Å². The third-order valence-electron chi connectivity index (χ3n) is 14.0. The van der Waals surface area contributed by atoms with Gasteiger partial charge in [0.05, 0.1) is 0 Å². The molecule has 75 heavy (non-hydrogen) atoms. The summed E-state index contributed by atoms with van der Waals surface area (Å²) in [6.45, 7) is 0. The predicted molar refractivity (Wildman–Crippen MR) is 337 cm³/mol. The Morgan fingerprint density at radius 2 is 0.667 bits per heavy atom. The molecular weight excluding hydrogens is 906 g/mol. The van der Waals surface area contributed by atoms with E-state index in [0.717, 1.165) is 22.3 Å². The van der Waals surface area contributed by atoms with E-state index in [1.54, 1.807) is 0 Å². The minimum Gasteiger partial charge on any atom is -0.312 e. The van der Waals surface area contributed by atoms with Crippen LogP contribution in [0.25, 0.3) is 104 Å². The Balaban J connectivity index is 1.28. The van der Waals surface area contributed by atoms with E-state index in [-0.39, 0.29) is 160 Å². The van der Waals surface area contributed by atoms with E-state index in [9.17, 15) is 0 Å². The Morgan fingerprint density at radius 1 is 0.280 bits per heavy atom. The highest BCUT2D eigenvalue weighted by Gasteiger charge is 2.30. The molecule has 0 aliphatic rings. The van der Waals surface area contributed by atoms with E-state index in [1.807, 2.05) is 54.6 Å². The summed E-state index contributed by atoms with van der Waals surface area (Å²) in [6, 6.07) is 25.9. The quantitative estimate of drug-likeness (QED) is 0.156. The molecule has 0 atom stereocenters. The van der Waals surface area contributed by atoms with Gasteiger partial charge >= 0.3 is 0 Å². The molecule has 0 amide bonds. The van der Waals surface area contributed by atoms with Crippen molar-refractivity contribution >= 4 is 306 Å². The summed E-state index contributed by atoms with van der Waals surface area (Å²) < 4.78 is 2.38.